The molecule has 0 bridgehead atoms. The number of methoxy groups -OCH3 is 2. The second-order valence-corrected chi connectivity index (χ2v) is 8.64. The molecule has 176 valence electrons. The number of rotatable bonds is 5. The zero-order valence-corrected chi connectivity index (χ0v) is 19.2. The first kappa shape index (κ1) is 21.8. The van der Waals surface area contributed by atoms with Gasteiger partial charge in [-0.15, -0.1) is 0 Å². The maximum atomic E-state index is 13.3. The number of carbonyl (C=O) groups is 3. The number of para-hydroxylation sites is 1. The summed E-state index contributed by atoms with van der Waals surface area (Å²) in [5.41, 5.74) is 1.26. The third-order valence-corrected chi connectivity index (χ3v) is 6.56. The highest BCUT2D eigenvalue weighted by atomic mass is 16.5. The minimum Gasteiger partial charge on any atom is -0.493 e. The molecule has 3 aromatic rings. The molecule has 34 heavy (non-hydrogen) atoms. The molecule has 9 nitrogen and oxygen atoms in total. The van der Waals surface area contributed by atoms with Gasteiger partial charge in [0.15, 0.2) is 17.0 Å². The first-order valence-electron chi connectivity index (χ1n) is 11.0. The zero-order chi connectivity index (χ0) is 24.0. The summed E-state index contributed by atoms with van der Waals surface area (Å²) in [6, 6.07) is 12.3. The van der Waals surface area contributed by atoms with E-state index in [1.807, 2.05) is 30.3 Å². The second kappa shape index (κ2) is 8.09. The van der Waals surface area contributed by atoms with Gasteiger partial charge in [-0.25, -0.2) is 4.79 Å². The van der Waals surface area contributed by atoms with Gasteiger partial charge in [-0.2, -0.15) is 0 Å². The van der Waals surface area contributed by atoms with Gasteiger partial charge in [0, 0.05) is 18.5 Å². The van der Waals surface area contributed by atoms with E-state index in [-0.39, 0.29) is 12.5 Å². The molecule has 4 amide bonds. The molecule has 0 radical (unpaired) electrons. The molecule has 0 saturated carbocycles. The number of ether oxygens (including phenoxy) is 2. The number of nitrogens with one attached hydrogen (secondary N) is 1. The lowest BCUT2D eigenvalue weighted by molar-refractivity contribution is -0.139. The Morgan fingerprint density at radius 1 is 1.09 bits per heavy atom. The molecule has 1 saturated heterocycles. The van der Waals surface area contributed by atoms with Crippen LogP contribution in [0, 0.1) is 0 Å². The SMILES string of the molecule is COc1cc2c(cc1OC)CN(C(=O)CN1C(=O)N[C@@](C)(c3cc4ccccc4o3)C1=O)CC2. The van der Waals surface area contributed by atoms with Crippen LogP contribution < -0.4 is 14.8 Å². The van der Waals surface area contributed by atoms with Crippen molar-refractivity contribution in [3.05, 3.63) is 59.4 Å². The Hall–Kier alpha value is -4.01. The predicted molar refractivity (Wildman–Crippen MR) is 122 cm³/mol. The Morgan fingerprint density at radius 3 is 2.50 bits per heavy atom. The molecule has 2 aliphatic rings. The number of nitrogens with zero attached hydrogens (tertiary/aromatic N) is 2. The van der Waals surface area contributed by atoms with E-state index in [0.29, 0.717) is 42.4 Å². The summed E-state index contributed by atoms with van der Waals surface area (Å²) in [4.78, 5) is 41.7. The first-order chi connectivity index (χ1) is 16.3. The van der Waals surface area contributed by atoms with Crippen LogP contribution in [0.5, 0.6) is 11.5 Å². The van der Waals surface area contributed by atoms with Crippen LogP contribution in [-0.2, 0) is 28.1 Å². The molecule has 5 rings (SSSR count). The molecular weight excluding hydrogens is 438 g/mol. The first-order valence-corrected chi connectivity index (χ1v) is 11.0. The van der Waals surface area contributed by atoms with E-state index in [0.717, 1.165) is 21.4 Å². The number of carbonyl (C=O) groups excluding carboxylic acids is 3. The number of imide groups is 1. The van der Waals surface area contributed by atoms with Crippen LogP contribution in [0.4, 0.5) is 4.79 Å². The van der Waals surface area contributed by atoms with Gasteiger partial charge in [-0.1, -0.05) is 18.2 Å². The van der Waals surface area contributed by atoms with Gasteiger partial charge in [-0.3, -0.25) is 14.5 Å². The number of hydrogen-bond donors (Lipinski definition) is 1. The Labute approximate surface area is 196 Å². The summed E-state index contributed by atoms with van der Waals surface area (Å²) in [6.45, 7) is 2.08. The Balaban J connectivity index is 1.33. The Morgan fingerprint density at radius 2 is 1.79 bits per heavy atom. The number of hydrogen-bond acceptors (Lipinski definition) is 6. The van der Waals surface area contributed by atoms with Gasteiger partial charge < -0.3 is 24.1 Å². The second-order valence-electron chi connectivity index (χ2n) is 8.64. The van der Waals surface area contributed by atoms with E-state index < -0.39 is 17.5 Å². The van der Waals surface area contributed by atoms with E-state index in [2.05, 4.69) is 5.32 Å². The van der Waals surface area contributed by atoms with Crippen molar-refractivity contribution in [3.63, 3.8) is 0 Å². The summed E-state index contributed by atoms with van der Waals surface area (Å²) < 4.78 is 16.6. The lowest BCUT2D eigenvalue weighted by Gasteiger charge is -2.30. The van der Waals surface area contributed by atoms with E-state index in [9.17, 15) is 14.4 Å². The molecule has 0 unspecified atom stereocenters. The molecule has 9 heteroatoms. The topological polar surface area (TPSA) is 101 Å². The molecule has 1 aromatic heterocycles. The van der Waals surface area contributed by atoms with Crippen LogP contribution in [0.3, 0.4) is 0 Å². The zero-order valence-electron chi connectivity index (χ0n) is 19.2. The maximum Gasteiger partial charge on any atom is 0.325 e. The standard InChI is InChI=1S/C25H25N3O6/c1-25(21-12-16-6-4-5-7-18(16)34-21)23(30)28(24(31)26-25)14-22(29)27-9-8-15-10-19(32-2)20(33-3)11-17(15)13-27/h4-7,10-12H,8-9,13-14H2,1-3H3,(H,26,31)/t25-/m0/s1. The van der Waals surface area contributed by atoms with Crippen molar-refractivity contribution in [2.45, 2.75) is 25.4 Å². The lowest BCUT2D eigenvalue weighted by Crippen LogP contribution is -2.45. The highest BCUT2D eigenvalue weighted by Gasteiger charge is 2.52. The number of benzene rings is 2. The largest absolute Gasteiger partial charge is 0.493 e. The van der Waals surface area contributed by atoms with Crippen molar-refractivity contribution in [1.29, 1.82) is 0 Å². The average molecular weight is 463 g/mol. The summed E-state index contributed by atoms with van der Waals surface area (Å²) in [7, 11) is 3.15. The quantitative estimate of drug-likeness (QED) is 0.584. The summed E-state index contributed by atoms with van der Waals surface area (Å²) >= 11 is 0. The fourth-order valence-electron chi connectivity index (χ4n) is 4.57. The molecular formula is C25H25N3O6. The molecule has 3 heterocycles. The van der Waals surface area contributed by atoms with E-state index in [1.165, 1.54) is 0 Å². The third kappa shape index (κ3) is 3.44. The number of fused-ring (bicyclic) bond motifs is 2. The lowest BCUT2D eigenvalue weighted by atomic mass is 9.98. The van der Waals surface area contributed by atoms with Crippen LogP contribution in [0.2, 0.25) is 0 Å². The van der Waals surface area contributed by atoms with Gasteiger partial charge in [0.05, 0.1) is 14.2 Å². The van der Waals surface area contributed by atoms with Gasteiger partial charge in [0.1, 0.15) is 17.9 Å². The number of amides is 4. The molecule has 0 aliphatic carbocycles. The van der Waals surface area contributed by atoms with Crippen molar-refractivity contribution in [3.8, 4) is 11.5 Å². The van der Waals surface area contributed by atoms with Crippen molar-refractivity contribution in [2.24, 2.45) is 0 Å². The third-order valence-electron chi connectivity index (χ3n) is 6.56. The molecule has 1 atom stereocenters. The van der Waals surface area contributed by atoms with E-state index in [1.54, 1.807) is 38.2 Å². The average Bonchev–Trinajstić information content (AvgIpc) is 3.38. The van der Waals surface area contributed by atoms with Crippen LogP contribution in [0.25, 0.3) is 11.0 Å². The minimum absolute atomic E-state index is 0.308. The fraction of sp³-hybridized carbons (Fsp3) is 0.320. The molecule has 2 aliphatic heterocycles. The van der Waals surface area contributed by atoms with Crippen LogP contribution in [0.15, 0.2) is 46.9 Å². The van der Waals surface area contributed by atoms with Gasteiger partial charge in [-0.05, 0) is 48.7 Å². The molecule has 1 N–H and O–H groups in total. The van der Waals surface area contributed by atoms with E-state index in [4.69, 9.17) is 13.9 Å². The van der Waals surface area contributed by atoms with Gasteiger partial charge >= 0.3 is 6.03 Å². The summed E-state index contributed by atoms with van der Waals surface area (Å²) in [6.07, 6.45) is 0.637. The highest BCUT2D eigenvalue weighted by Crippen LogP contribution is 2.35. The molecule has 2 aromatic carbocycles. The Kier molecular flexibility index (Phi) is 5.19. The summed E-state index contributed by atoms with van der Waals surface area (Å²) in [5.74, 6) is 0.734. The summed E-state index contributed by atoms with van der Waals surface area (Å²) in [5, 5.41) is 3.53. The molecule has 0 spiro atoms. The van der Waals surface area contributed by atoms with Crippen molar-refractivity contribution in [2.75, 3.05) is 27.3 Å². The number of urea groups is 1. The number of furan rings is 1. The van der Waals surface area contributed by atoms with Crippen LogP contribution in [-0.4, -0.2) is 55.0 Å². The van der Waals surface area contributed by atoms with Crippen LogP contribution >= 0.6 is 0 Å². The monoisotopic (exact) mass is 463 g/mol. The fourth-order valence-corrected chi connectivity index (χ4v) is 4.57. The maximum absolute atomic E-state index is 13.3. The van der Waals surface area contributed by atoms with Gasteiger partial charge in [0.25, 0.3) is 5.91 Å². The smallest absolute Gasteiger partial charge is 0.325 e. The minimum atomic E-state index is -1.38. The normalized spacial score (nSPS) is 19.9. The van der Waals surface area contributed by atoms with E-state index >= 15 is 0 Å². The van der Waals surface area contributed by atoms with Gasteiger partial charge in [0.2, 0.25) is 5.91 Å². The highest BCUT2D eigenvalue weighted by molar-refractivity contribution is 6.09. The molecule has 1 fully saturated rings. The van der Waals surface area contributed by atoms with Crippen molar-refractivity contribution >= 4 is 28.8 Å². The Bertz CT molecular complexity index is 1280. The predicted octanol–water partition coefficient (Wildman–Crippen LogP) is 2.80. The van der Waals surface area contributed by atoms with Crippen molar-refractivity contribution < 1.29 is 28.3 Å². The van der Waals surface area contributed by atoms with Crippen LogP contribution in [0.1, 0.15) is 23.8 Å². The van der Waals surface area contributed by atoms with Crippen molar-refractivity contribution in [1.82, 2.24) is 15.1 Å².